The molecule has 4 heterocycles. The van der Waals surface area contributed by atoms with Crippen molar-refractivity contribution in [2.24, 2.45) is 0 Å². The maximum Gasteiger partial charge on any atom is 0.256 e. The minimum absolute atomic E-state index is 0.116. The highest BCUT2D eigenvalue weighted by molar-refractivity contribution is 6.00. The minimum Gasteiger partial charge on any atom is -0.373 e. The van der Waals surface area contributed by atoms with E-state index in [1.54, 1.807) is 10.7 Å². The van der Waals surface area contributed by atoms with Crippen LogP contribution in [-0.2, 0) is 0 Å². The molecule has 2 aromatic heterocycles. The van der Waals surface area contributed by atoms with Gasteiger partial charge in [0.15, 0.2) is 5.65 Å². The number of carbonyl (C=O) groups is 1. The zero-order valence-corrected chi connectivity index (χ0v) is 14.0. The Bertz CT molecular complexity index is 771. The summed E-state index contributed by atoms with van der Waals surface area (Å²) in [7, 11) is 4.01. The lowest BCUT2D eigenvalue weighted by Gasteiger charge is -2.18. The number of hydrogen-bond acceptors (Lipinski definition) is 6. The predicted molar refractivity (Wildman–Crippen MR) is 92.5 cm³/mol. The Balaban J connectivity index is 1.78. The number of fused-ring (bicyclic) bond motifs is 3. The Morgan fingerprint density at radius 3 is 3.12 bits per heavy atom. The van der Waals surface area contributed by atoms with E-state index in [4.69, 9.17) is 0 Å². The van der Waals surface area contributed by atoms with Crippen molar-refractivity contribution in [1.29, 1.82) is 0 Å². The van der Waals surface area contributed by atoms with Crippen molar-refractivity contribution in [2.75, 3.05) is 37.8 Å². The van der Waals surface area contributed by atoms with Gasteiger partial charge in [-0.3, -0.25) is 4.79 Å². The van der Waals surface area contributed by atoms with Gasteiger partial charge in [0.2, 0.25) is 0 Å². The number of likely N-dealkylation sites (tertiary alicyclic amines) is 1. The maximum absolute atomic E-state index is 12.5. The highest BCUT2D eigenvalue weighted by Crippen LogP contribution is 2.25. The molecule has 2 aliphatic heterocycles. The second-order valence-electron chi connectivity index (χ2n) is 6.64. The average molecular weight is 329 g/mol. The fourth-order valence-corrected chi connectivity index (χ4v) is 3.74. The molecule has 8 heteroatoms. The molecule has 0 radical (unpaired) electrons. The van der Waals surface area contributed by atoms with E-state index in [2.05, 4.69) is 38.0 Å². The molecule has 3 N–H and O–H groups in total. The second kappa shape index (κ2) is 5.94. The number of nitrogens with zero attached hydrogens (tertiary/aromatic N) is 4. The van der Waals surface area contributed by atoms with Crippen molar-refractivity contribution in [2.45, 2.75) is 31.3 Å². The Hall–Kier alpha value is -2.35. The molecular weight excluding hydrogens is 306 g/mol. The molecule has 4 rings (SSSR count). The monoisotopic (exact) mass is 329 g/mol. The number of carbonyl (C=O) groups excluding carboxylic acids is 1. The summed E-state index contributed by atoms with van der Waals surface area (Å²) in [6.45, 7) is 1.68. The highest BCUT2D eigenvalue weighted by atomic mass is 16.1. The fourth-order valence-electron chi connectivity index (χ4n) is 3.74. The summed E-state index contributed by atoms with van der Waals surface area (Å²) in [6, 6.07) is 2.86. The summed E-state index contributed by atoms with van der Waals surface area (Å²) in [5.74, 6) is 1.47. The van der Waals surface area contributed by atoms with Gasteiger partial charge in [-0.2, -0.15) is 9.61 Å². The molecule has 2 aliphatic rings. The van der Waals surface area contributed by atoms with Crippen LogP contribution in [-0.4, -0.2) is 64.7 Å². The molecule has 1 fully saturated rings. The van der Waals surface area contributed by atoms with Crippen LogP contribution in [0.4, 0.5) is 11.6 Å². The van der Waals surface area contributed by atoms with Crippen LogP contribution < -0.4 is 16.0 Å². The topological polar surface area (TPSA) is 86.6 Å². The molecule has 24 heavy (non-hydrogen) atoms. The van der Waals surface area contributed by atoms with E-state index in [1.807, 2.05) is 13.1 Å². The van der Waals surface area contributed by atoms with Gasteiger partial charge in [-0.1, -0.05) is 0 Å². The first-order valence-corrected chi connectivity index (χ1v) is 8.47. The lowest BCUT2D eigenvalue weighted by molar-refractivity contribution is 0.0953. The molecule has 0 aromatic carbocycles. The van der Waals surface area contributed by atoms with Crippen LogP contribution in [0.3, 0.4) is 0 Å². The Morgan fingerprint density at radius 2 is 2.29 bits per heavy atom. The van der Waals surface area contributed by atoms with Crippen molar-refractivity contribution < 1.29 is 4.79 Å². The van der Waals surface area contributed by atoms with E-state index in [9.17, 15) is 4.79 Å². The van der Waals surface area contributed by atoms with E-state index in [0.717, 1.165) is 37.4 Å². The lowest BCUT2D eigenvalue weighted by atomic mass is 10.1. The first-order valence-electron chi connectivity index (χ1n) is 8.47. The molecule has 4 bridgehead atoms. The minimum atomic E-state index is -0.116. The number of likely N-dealkylation sites (N-methyl/N-ethyl adjacent to an activating group) is 1. The second-order valence-corrected chi connectivity index (χ2v) is 6.64. The van der Waals surface area contributed by atoms with Crippen LogP contribution in [0.1, 0.15) is 29.6 Å². The summed E-state index contributed by atoms with van der Waals surface area (Å²) in [4.78, 5) is 19.5. The van der Waals surface area contributed by atoms with Crippen molar-refractivity contribution in [3.63, 3.8) is 0 Å². The zero-order chi connectivity index (χ0) is 16.7. The Labute approximate surface area is 140 Å². The first kappa shape index (κ1) is 15.2. The Kier molecular flexibility index (Phi) is 3.76. The first-order chi connectivity index (χ1) is 11.7. The summed E-state index contributed by atoms with van der Waals surface area (Å²) in [5.41, 5.74) is 1.08. The molecule has 1 amide bonds. The molecule has 2 aromatic rings. The van der Waals surface area contributed by atoms with E-state index >= 15 is 0 Å². The number of anilines is 2. The smallest absolute Gasteiger partial charge is 0.256 e. The summed E-state index contributed by atoms with van der Waals surface area (Å²) in [5, 5.41) is 14.0. The van der Waals surface area contributed by atoms with Gasteiger partial charge in [0.1, 0.15) is 17.2 Å². The van der Waals surface area contributed by atoms with Gasteiger partial charge in [-0.05, 0) is 26.3 Å². The van der Waals surface area contributed by atoms with Gasteiger partial charge in [-0.15, -0.1) is 0 Å². The molecule has 0 spiro atoms. The molecule has 2 atom stereocenters. The fraction of sp³-hybridized carbons (Fsp3) is 0.562. The quantitative estimate of drug-likeness (QED) is 0.717. The van der Waals surface area contributed by atoms with Gasteiger partial charge in [0.25, 0.3) is 5.91 Å². The Morgan fingerprint density at radius 1 is 1.42 bits per heavy atom. The normalized spacial score (nSPS) is 24.8. The van der Waals surface area contributed by atoms with Crippen LogP contribution in [0.25, 0.3) is 5.65 Å². The number of rotatable bonds is 1. The third kappa shape index (κ3) is 2.56. The number of amides is 1. The zero-order valence-electron chi connectivity index (χ0n) is 14.0. The van der Waals surface area contributed by atoms with Crippen LogP contribution >= 0.6 is 0 Å². The summed E-state index contributed by atoms with van der Waals surface area (Å²) >= 11 is 0. The molecule has 1 saturated heterocycles. The van der Waals surface area contributed by atoms with E-state index in [0.29, 0.717) is 29.8 Å². The van der Waals surface area contributed by atoms with E-state index in [-0.39, 0.29) is 5.91 Å². The highest BCUT2D eigenvalue weighted by Gasteiger charge is 2.30. The largest absolute Gasteiger partial charge is 0.373 e. The maximum atomic E-state index is 12.5. The number of nitrogens with one attached hydrogen (secondary N) is 3. The molecule has 2 unspecified atom stereocenters. The molecule has 0 aliphatic carbocycles. The van der Waals surface area contributed by atoms with Crippen molar-refractivity contribution in [3.05, 3.63) is 17.8 Å². The van der Waals surface area contributed by atoms with Crippen molar-refractivity contribution in [1.82, 2.24) is 24.8 Å². The third-order valence-corrected chi connectivity index (χ3v) is 5.01. The van der Waals surface area contributed by atoms with Gasteiger partial charge in [0.05, 0.1) is 6.20 Å². The molecule has 128 valence electrons. The average Bonchev–Trinajstić information content (AvgIpc) is 3.13. The molecule has 8 nitrogen and oxygen atoms in total. The van der Waals surface area contributed by atoms with Crippen molar-refractivity contribution >= 4 is 23.2 Å². The number of hydrogen-bond donors (Lipinski definition) is 3. The number of aromatic nitrogens is 3. The summed E-state index contributed by atoms with van der Waals surface area (Å²) in [6.07, 6.45) is 4.75. The van der Waals surface area contributed by atoms with Crippen molar-refractivity contribution in [3.8, 4) is 0 Å². The summed E-state index contributed by atoms with van der Waals surface area (Å²) < 4.78 is 1.67. The van der Waals surface area contributed by atoms with Crippen LogP contribution in [0.2, 0.25) is 0 Å². The predicted octanol–water partition coefficient (Wildman–Crippen LogP) is 0.779. The SMILES string of the molecule is CNc1cc2nc3c(cnn13)C(=O)NCCCC1CC(CN1C)N2. The third-order valence-electron chi connectivity index (χ3n) is 5.01. The van der Waals surface area contributed by atoms with E-state index < -0.39 is 0 Å². The molecule has 0 saturated carbocycles. The van der Waals surface area contributed by atoms with Gasteiger partial charge < -0.3 is 20.9 Å². The van der Waals surface area contributed by atoms with E-state index in [1.165, 1.54) is 0 Å². The van der Waals surface area contributed by atoms with Crippen LogP contribution in [0, 0.1) is 0 Å². The lowest BCUT2D eigenvalue weighted by Crippen LogP contribution is -2.29. The van der Waals surface area contributed by atoms with Gasteiger partial charge in [-0.25, -0.2) is 4.98 Å². The molecular formula is C16H23N7O. The van der Waals surface area contributed by atoms with Crippen LogP contribution in [0.5, 0.6) is 0 Å². The van der Waals surface area contributed by atoms with Gasteiger partial charge in [0, 0.05) is 38.3 Å². The van der Waals surface area contributed by atoms with Crippen LogP contribution in [0.15, 0.2) is 12.3 Å². The van der Waals surface area contributed by atoms with Gasteiger partial charge >= 0.3 is 0 Å². The standard InChI is InChI=1S/C16H23N7O/c1-17-14-7-13-20-10-6-11(22(2)9-10)4-3-5-18-16(24)12-8-19-23(14)15(12)21-13/h7-8,10-11,17H,3-6,9H2,1-2H3,(H,18,24)(H,20,21).